The van der Waals surface area contributed by atoms with Gasteiger partial charge in [-0.25, -0.2) is 0 Å². The largest absolute Gasteiger partial charge is 0.453 e. The molecule has 0 fully saturated rings. The fourth-order valence-electron chi connectivity index (χ4n) is 2.71. The molecule has 2 aromatic carbocycles. The van der Waals surface area contributed by atoms with Gasteiger partial charge in [0.05, 0.1) is 0 Å². The third-order valence-electron chi connectivity index (χ3n) is 3.93. The summed E-state index contributed by atoms with van der Waals surface area (Å²) >= 11 is 0. The molecule has 0 radical (unpaired) electrons. The number of nitrogens with one attached hydrogen (secondary N) is 1. The molecular formula is C20H21NO2. The summed E-state index contributed by atoms with van der Waals surface area (Å²) in [7, 11) is 0. The Balaban J connectivity index is 1.49. The maximum absolute atomic E-state index is 12.2. The molecule has 23 heavy (non-hydrogen) atoms. The van der Waals surface area contributed by atoms with Crippen LogP contribution in [0.2, 0.25) is 0 Å². The van der Waals surface area contributed by atoms with E-state index in [1.54, 1.807) is 0 Å². The summed E-state index contributed by atoms with van der Waals surface area (Å²) in [5.74, 6) is 0.490. The van der Waals surface area contributed by atoms with Gasteiger partial charge in [0.25, 0.3) is 0 Å². The van der Waals surface area contributed by atoms with E-state index in [1.165, 1.54) is 5.56 Å². The van der Waals surface area contributed by atoms with E-state index in [-0.39, 0.29) is 5.78 Å². The number of para-hydroxylation sites is 1. The third-order valence-corrected chi connectivity index (χ3v) is 3.93. The van der Waals surface area contributed by atoms with Crippen LogP contribution in [0.25, 0.3) is 11.0 Å². The molecule has 1 aromatic heterocycles. The topological polar surface area (TPSA) is 42.2 Å². The normalized spacial score (nSPS) is 12.4. The lowest BCUT2D eigenvalue weighted by Gasteiger charge is -2.13. The number of hydrogen-bond acceptors (Lipinski definition) is 3. The lowest BCUT2D eigenvalue weighted by molar-refractivity contribution is 0.0957. The summed E-state index contributed by atoms with van der Waals surface area (Å²) in [6.07, 6.45) is 1.40. The molecule has 3 aromatic rings. The van der Waals surface area contributed by atoms with Crippen LogP contribution >= 0.6 is 0 Å². The van der Waals surface area contributed by atoms with Crippen molar-refractivity contribution in [3.63, 3.8) is 0 Å². The van der Waals surface area contributed by atoms with Gasteiger partial charge in [0.2, 0.25) is 0 Å². The van der Waals surface area contributed by atoms with Gasteiger partial charge < -0.3 is 9.73 Å². The second kappa shape index (κ2) is 7.25. The van der Waals surface area contributed by atoms with Crippen LogP contribution in [0, 0.1) is 0 Å². The van der Waals surface area contributed by atoms with Crippen molar-refractivity contribution in [2.75, 3.05) is 6.54 Å². The molecule has 0 aliphatic rings. The molecule has 0 saturated carbocycles. The Hall–Kier alpha value is -2.39. The first-order chi connectivity index (χ1) is 11.2. The van der Waals surface area contributed by atoms with Gasteiger partial charge in [-0.1, -0.05) is 48.5 Å². The van der Waals surface area contributed by atoms with Gasteiger partial charge in [-0.3, -0.25) is 4.79 Å². The van der Waals surface area contributed by atoms with Gasteiger partial charge in [-0.15, -0.1) is 0 Å². The van der Waals surface area contributed by atoms with Crippen molar-refractivity contribution in [1.29, 1.82) is 0 Å². The Morgan fingerprint density at radius 1 is 1.09 bits per heavy atom. The number of carbonyl (C=O) groups is 1. The molecule has 3 rings (SSSR count). The van der Waals surface area contributed by atoms with E-state index in [0.29, 0.717) is 24.8 Å². The van der Waals surface area contributed by atoms with Gasteiger partial charge >= 0.3 is 0 Å². The molecule has 0 aliphatic heterocycles. The molecule has 1 atom stereocenters. The molecule has 0 aliphatic carbocycles. The third kappa shape index (κ3) is 4.08. The van der Waals surface area contributed by atoms with Crippen LogP contribution in [0.15, 0.2) is 65.1 Å². The Bertz CT molecular complexity index is 743. The van der Waals surface area contributed by atoms with Gasteiger partial charge in [0.15, 0.2) is 11.5 Å². The average Bonchev–Trinajstić information content (AvgIpc) is 3.00. The van der Waals surface area contributed by atoms with Crippen molar-refractivity contribution in [3.05, 3.63) is 72.0 Å². The highest BCUT2D eigenvalue weighted by molar-refractivity contribution is 5.97. The van der Waals surface area contributed by atoms with E-state index in [4.69, 9.17) is 4.42 Å². The van der Waals surface area contributed by atoms with Crippen molar-refractivity contribution in [3.8, 4) is 0 Å². The van der Waals surface area contributed by atoms with Crippen LogP contribution in [0.3, 0.4) is 0 Å². The number of hydrogen-bond donors (Lipinski definition) is 1. The molecule has 0 saturated heterocycles. The molecule has 0 spiro atoms. The molecule has 118 valence electrons. The van der Waals surface area contributed by atoms with E-state index in [9.17, 15) is 4.79 Å². The maximum atomic E-state index is 12.2. The fourth-order valence-corrected chi connectivity index (χ4v) is 2.71. The van der Waals surface area contributed by atoms with E-state index in [1.807, 2.05) is 48.5 Å². The van der Waals surface area contributed by atoms with Crippen LogP contribution in [0.4, 0.5) is 0 Å². The first-order valence-corrected chi connectivity index (χ1v) is 8.01. The minimum Gasteiger partial charge on any atom is -0.453 e. The molecule has 0 amide bonds. The number of ketones is 1. The molecule has 1 heterocycles. The zero-order valence-corrected chi connectivity index (χ0v) is 13.3. The van der Waals surface area contributed by atoms with Crippen molar-refractivity contribution in [1.82, 2.24) is 5.32 Å². The smallest absolute Gasteiger partial charge is 0.199 e. The number of fused-ring (bicyclic) bond motifs is 1. The molecule has 0 bridgehead atoms. The Morgan fingerprint density at radius 2 is 1.83 bits per heavy atom. The summed E-state index contributed by atoms with van der Waals surface area (Å²) in [5.41, 5.74) is 2.07. The van der Waals surface area contributed by atoms with Gasteiger partial charge in [-0.2, -0.15) is 0 Å². The summed E-state index contributed by atoms with van der Waals surface area (Å²) in [6.45, 7) is 2.79. The van der Waals surface area contributed by atoms with Crippen molar-refractivity contribution < 1.29 is 9.21 Å². The van der Waals surface area contributed by atoms with Crippen LogP contribution < -0.4 is 5.32 Å². The Labute approximate surface area is 136 Å². The minimum atomic E-state index is 0.0422. The standard InChI is InChI=1S/C20H21NO2/c1-15(13-16-7-3-2-4-8-16)21-12-11-18(22)20-14-17-9-5-6-10-19(17)23-20/h2-10,14-15,21H,11-13H2,1H3. The maximum Gasteiger partial charge on any atom is 0.199 e. The van der Waals surface area contributed by atoms with Gasteiger partial charge in [0.1, 0.15) is 5.58 Å². The van der Waals surface area contributed by atoms with Crippen molar-refractivity contribution in [2.24, 2.45) is 0 Å². The number of carbonyl (C=O) groups excluding carboxylic acids is 1. The minimum absolute atomic E-state index is 0.0422. The summed E-state index contributed by atoms with van der Waals surface area (Å²) in [5, 5.41) is 4.38. The van der Waals surface area contributed by atoms with Gasteiger partial charge in [0, 0.05) is 24.4 Å². The fraction of sp³-hybridized carbons (Fsp3) is 0.250. The second-order valence-corrected chi connectivity index (χ2v) is 5.87. The van der Waals surface area contributed by atoms with Crippen LogP contribution in [0.5, 0.6) is 0 Å². The van der Waals surface area contributed by atoms with E-state index in [0.717, 1.165) is 17.4 Å². The quantitative estimate of drug-likeness (QED) is 0.664. The van der Waals surface area contributed by atoms with E-state index in [2.05, 4.69) is 24.4 Å². The lowest BCUT2D eigenvalue weighted by atomic mass is 10.1. The Kier molecular flexibility index (Phi) is 4.89. The summed E-state index contributed by atoms with van der Waals surface area (Å²) in [6, 6.07) is 20.2. The average molecular weight is 307 g/mol. The predicted octanol–water partition coefficient (Wildman–Crippen LogP) is 4.23. The van der Waals surface area contributed by atoms with E-state index < -0.39 is 0 Å². The highest BCUT2D eigenvalue weighted by Gasteiger charge is 2.12. The number of Topliss-reactive ketones (excluding diaryl/α,β-unsaturated/α-hetero) is 1. The lowest BCUT2D eigenvalue weighted by Crippen LogP contribution is -2.30. The molecular weight excluding hydrogens is 286 g/mol. The van der Waals surface area contributed by atoms with Crippen LogP contribution in [-0.2, 0) is 6.42 Å². The highest BCUT2D eigenvalue weighted by Crippen LogP contribution is 2.19. The monoisotopic (exact) mass is 307 g/mol. The molecule has 3 heteroatoms. The van der Waals surface area contributed by atoms with E-state index >= 15 is 0 Å². The number of benzene rings is 2. The van der Waals surface area contributed by atoms with Gasteiger partial charge in [-0.05, 0) is 31.0 Å². The second-order valence-electron chi connectivity index (χ2n) is 5.87. The SMILES string of the molecule is CC(Cc1ccccc1)NCCC(=O)c1cc2ccccc2o1. The summed E-state index contributed by atoms with van der Waals surface area (Å²) < 4.78 is 5.61. The highest BCUT2D eigenvalue weighted by atomic mass is 16.3. The summed E-state index contributed by atoms with van der Waals surface area (Å²) in [4.78, 5) is 12.2. The predicted molar refractivity (Wildman–Crippen MR) is 92.8 cm³/mol. The zero-order valence-electron chi connectivity index (χ0n) is 13.3. The number of furan rings is 1. The first kappa shape index (κ1) is 15.5. The number of rotatable bonds is 7. The van der Waals surface area contributed by atoms with Crippen LogP contribution in [0.1, 0.15) is 29.5 Å². The first-order valence-electron chi connectivity index (χ1n) is 8.01. The Morgan fingerprint density at radius 3 is 2.61 bits per heavy atom. The molecule has 1 N–H and O–H groups in total. The molecule has 3 nitrogen and oxygen atoms in total. The molecule has 1 unspecified atom stereocenters. The van der Waals surface area contributed by atoms with Crippen molar-refractivity contribution >= 4 is 16.8 Å². The zero-order chi connectivity index (χ0) is 16.1. The van der Waals surface area contributed by atoms with Crippen molar-refractivity contribution in [2.45, 2.75) is 25.8 Å². The van der Waals surface area contributed by atoms with Crippen LogP contribution in [-0.4, -0.2) is 18.4 Å².